The lowest BCUT2D eigenvalue weighted by Crippen LogP contribution is -2.36. The zero-order valence-electron chi connectivity index (χ0n) is 14.0. The molecule has 6 heteroatoms. The van der Waals surface area contributed by atoms with Crippen molar-refractivity contribution in [1.29, 1.82) is 0 Å². The van der Waals surface area contributed by atoms with Gasteiger partial charge in [0.05, 0.1) is 11.0 Å². The Hall–Kier alpha value is -1.76. The highest BCUT2D eigenvalue weighted by Crippen LogP contribution is 2.32. The maximum atomic E-state index is 5.67. The Bertz CT molecular complexity index is 815. The average Bonchev–Trinajstić information content (AvgIpc) is 3.25. The van der Waals surface area contributed by atoms with Crippen molar-refractivity contribution < 1.29 is 0 Å². The monoisotopic (exact) mass is 341 g/mol. The zero-order chi connectivity index (χ0) is 16.5. The van der Waals surface area contributed by atoms with E-state index in [0.717, 1.165) is 48.0 Å². The molecule has 0 spiro atoms. The van der Waals surface area contributed by atoms with E-state index in [1.54, 1.807) is 11.3 Å². The van der Waals surface area contributed by atoms with Gasteiger partial charge in [-0.3, -0.25) is 0 Å². The van der Waals surface area contributed by atoms with E-state index in [0.29, 0.717) is 5.92 Å². The normalized spacial score (nSPS) is 16.9. The van der Waals surface area contributed by atoms with Crippen LogP contribution >= 0.6 is 11.3 Å². The summed E-state index contributed by atoms with van der Waals surface area (Å²) in [5, 5.41) is 2.93. The van der Waals surface area contributed by atoms with Gasteiger partial charge in [0.25, 0.3) is 0 Å². The molecule has 0 unspecified atom stereocenters. The third-order valence-electron chi connectivity index (χ3n) is 4.94. The van der Waals surface area contributed by atoms with Gasteiger partial charge in [-0.1, -0.05) is 6.07 Å². The fourth-order valence-corrected chi connectivity index (χ4v) is 4.25. The SMILES string of the molecule is Cc1cc(C2CCN(CCN)CC2)cc2[nH]c(-c3nccs3)nc12. The number of benzene rings is 1. The second-order valence-corrected chi connectivity index (χ2v) is 7.46. The van der Waals surface area contributed by atoms with Gasteiger partial charge in [0, 0.05) is 24.7 Å². The van der Waals surface area contributed by atoms with Crippen molar-refractivity contribution in [3.63, 3.8) is 0 Å². The van der Waals surface area contributed by atoms with Gasteiger partial charge in [-0.05, 0) is 56.0 Å². The number of nitrogens with one attached hydrogen (secondary N) is 1. The number of H-pyrrole nitrogens is 1. The number of fused-ring (bicyclic) bond motifs is 1. The second kappa shape index (κ2) is 6.63. The number of hydrogen-bond donors (Lipinski definition) is 2. The Morgan fingerprint density at radius 2 is 2.17 bits per heavy atom. The van der Waals surface area contributed by atoms with Gasteiger partial charge >= 0.3 is 0 Å². The third-order valence-corrected chi connectivity index (χ3v) is 5.72. The molecule has 126 valence electrons. The van der Waals surface area contributed by atoms with E-state index in [2.05, 4.69) is 33.9 Å². The Labute approximate surface area is 145 Å². The molecule has 5 nitrogen and oxygen atoms in total. The molecule has 3 N–H and O–H groups in total. The summed E-state index contributed by atoms with van der Waals surface area (Å²) in [5.41, 5.74) is 10.5. The van der Waals surface area contributed by atoms with E-state index in [1.165, 1.54) is 24.0 Å². The summed E-state index contributed by atoms with van der Waals surface area (Å²) in [7, 11) is 0. The molecule has 0 amide bonds. The Morgan fingerprint density at radius 3 is 2.88 bits per heavy atom. The smallest absolute Gasteiger partial charge is 0.167 e. The van der Waals surface area contributed by atoms with Crippen LogP contribution in [0.4, 0.5) is 0 Å². The van der Waals surface area contributed by atoms with Crippen LogP contribution in [0.15, 0.2) is 23.7 Å². The van der Waals surface area contributed by atoms with Crippen LogP contribution < -0.4 is 5.73 Å². The maximum Gasteiger partial charge on any atom is 0.167 e. The van der Waals surface area contributed by atoms with Crippen molar-refractivity contribution in [2.24, 2.45) is 5.73 Å². The molecule has 1 saturated heterocycles. The molecule has 2 aromatic heterocycles. The highest BCUT2D eigenvalue weighted by Gasteiger charge is 2.21. The summed E-state index contributed by atoms with van der Waals surface area (Å²) < 4.78 is 0. The van der Waals surface area contributed by atoms with Crippen LogP contribution in [0.2, 0.25) is 0 Å². The zero-order valence-corrected chi connectivity index (χ0v) is 14.8. The van der Waals surface area contributed by atoms with Crippen LogP contribution in [-0.4, -0.2) is 46.0 Å². The van der Waals surface area contributed by atoms with E-state index < -0.39 is 0 Å². The Balaban J connectivity index is 1.61. The number of aryl methyl sites for hydroxylation is 1. The summed E-state index contributed by atoms with van der Waals surface area (Å²) in [5.74, 6) is 1.51. The molecule has 1 aromatic carbocycles. The Kier molecular flexibility index (Phi) is 4.35. The largest absolute Gasteiger partial charge is 0.336 e. The van der Waals surface area contributed by atoms with Crippen molar-refractivity contribution in [1.82, 2.24) is 19.9 Å². The molecule has 0 radical (unpaired) electrons. The molecular formula is C18H23N5S. The first-order valence-electron chi connectivity index (χ1n) is 8.57. The second-order valence-electron chi connectivity index (χ2n) is 6.56. The van der Waals surface area contributed by atoms with Gasteiger partial charge in [-0.25, -0.2) is 9.97 Å². The van der Waals surface area contributed by atoms with E-state index >= 15 is 0 Å². The molecule has 3 heterocycles. The molecule has 4 rings (SSSR count). The summed E-state index contributed by atoms with van der Waals surface area (Å²) in [6, 6.07) is 4.60. The summed E-state index contributed by atoms with van der Waals surface area (Å²) in [4.78, 5) is 15.0. The molecule has 0 atom stereocenters. The molecule has 0 aliphatic carbocycles. The highest BCUT2D eigenvalue weighted by molar-refractivity contribution is 7.13. The van der Waals surface area contributed by atoms with Crippen LogP contribution in [0, 0.1) is 6.92 Å². The average molecular weight is 341 g/mol. The first-order valence-corrected chi connectivity index (χ1v) is 9.45. The van der Waals surface area contributed by atoms with Crippen molar-refractivity contribution in [3.05, 3.63) is 34.8 Å². The number of aromatic amines is 1. The van der Waals surface area contributed by atoms with E-state index in [-0.39, 0.29) is 0 Å². The van der Waals surface area contributed by atoms with E-state index in [9.17, 15) is 0 Å². The molecule has 1 aliphatic rings. The van der Waals surface area contributed by atoms with Crippen LogP contribution in [-0.2, 0) is 0 Å². The lowest BCUT2D eigenvalue weighted by Gasteiger charge is -2.32. The molecule has 1 aliphatic heterocycles. The van der Waals surface area contributed by atoms with Crippen molar-refractivity contribution in [2.45, 2.75) is 25.7 Å². The number of aromatic nitrogens is 3. The Morgan fingerprint density at radius 1 is 1.33 bits per heavy atom. The van der Waals surface area contributed by atoms with Gasteiger partial charge in [0.2, 0.25) is 0 Å². The fraction of sp³-hybridized carbons (Fsp3) is 0.444. The molecule has 1 fully saturated rings. The van der Waals surface area contributed by atoms with Crippen molar-refractivity contribution in [2.75, 3.05) is 26.2 Å². The summed E-state index contributed by atoms with van der Waals surface area (Å²) in [6.45, 7) is 6.21. The number of rotatable bonds is 4. The highest BCUT2D eigenvalue weighted by atomic mass is 32.1. The minimum atomic E-state index is 0.633. The molecule has 3 aromatic rings. The molecule has 0 saturated carbocycles. The number of nitrogens with two attached hydrogens (primary N) is 1. The molecule has 24 heavy (non-hydrogen) atoms. The van der Waals surface area contributed by atoms with E-state index in [1.807, 2.05) is 11.6 Å². The number of nitrogens with zero attached hydrogens (tertiary/aromatic N) is 3. The van der Waals surface area contributed by atoms with Gasteiger partial charge in [-0.15, -0.1) is 11.3 Å². The fourth-order valence-electron chi connectivity index (χ4n) is 3.67. The summed E-state index contributed by atoms with van der Waals surface area (Å²) in [6.07, 6.45) is 4.23. The molecule has 0 bridgehead atoms. The predicted molar refractivity (Wildman–Crippen MR) is 99.4 cm³/mol. The quantitative estimate of drug-likeness (QED) is 0.765. The summed E-state index contributed by atoms with van der Waals surface area (Å²) >= 11 is 1.61. The van der Waals surface area contributed by atoms with Gasteiger partial charge in [0.1, 0.15) is 0 Å². The number of imidazole rings is 1. The standard InChI is InChI=1S/C18H23N5S/c1-12-10-14(13-2-6-23(7-3-13)8-4-19)11-15-16(12)22-17(21-15)18-20-5-9-24-18/h5,9-11,13H,2-4,6-8,19H2,1H3,(H,21,22). The van der Waals surface area contributed by atoms with Crippen LogP contribution in [0.5, 0.6) is 0 Å². The number of thiazole rings is 1. The minimum Gasteiger partial charge on any atom is -0.336 e. The number of likely N-dealkylation sites (tertiary alicyclic amines) is 1. The number of hydrogen-bond acceptors (Lipinski definition) is 5. The van der Waals surface area contributed by atoms with Gasteiger partial charge in [-0.2, -0.15) is 0 Å². The topological polar surface area (TPSA) is 70.8 Å². The lowest BCUT2D eigenvalue weighted by atomic mass is 9.88. The molecular weight excluding hydrogens is 318 g/mol. The third kappa shape index (κ3) is 2.97. The number of piperidine rings is 1. The minimum absolute atomic E-state index is 0.633. The van der Waals surface area contributed by atoms with Crippen LogP contribution in [0.3, 0.4) is 0 Å². The van der Waals surface area contributed by atoms with E-state index in [4.69, 9.17) is 10.7 Å². The van der Waals surface area contributed by atoms with Crippen molar-refractivity contribution >= 4 is 22.4 Å². The van der Waals surface area contributed by atoms with Crippen LogP contribution in [0.1, 0.15) is 29.9 Å². The lowest BCUT2D eigenvalue weighted by molar-refractivity contribution is 0.218. The van der Waals surface area contributed by atoms with Gasteiger partial charge in [0.15, 0.2) is 10.8 Å². The first kappa shape index (κ1) is 15.7. The first-order chi connectivity index (χ1) is 11.7. The van der Waals surface area contributed by atoms with Gasteiger partial charge < -0.3 is 15.6 Å². The van der Waals surface area contributed by atoms with Crippen molar-refractivity contribution in [3.8, 4) is 10.8 Å². The van der Waals surface area contributed by atoms with Crippen LogP contribution in [0.25, 0.3) is 21.9 Å². The maximum absolute atomic E-state index is 5.67. The predicted octanol–water partition coefficient (Wildman–Crippen LogP) is 3.13.